The van der Waals surface area contributed by atoms with Crippen LogP contribution in [0.5, 0.6) is 0 Å². The quantitative estimate of drug-likeness (QED) is 0.184. The van der Waals surface area contributed by atoms with Crippen molar-refractivity contribution < 1.29 is 359 Å². The number of quaternary nitrogens is 4. The van der Waals surface area contributed by atoms with E-state index in [4.69, 9.17) is 10.2 Å². The Hall–Kier alpha value is 4.56. The summed E-state index contributed by atoms with van der Waals surface area (Å²) in [4.78, 5) is 0. The Kier molecular flexibility index (Phi) is 1920. The summed E-state index contributed by atoms with van der Waals surface area (Å²) in [6.45, 7) is 11.0. The topological polar surface area (TPSA) is 854 Å². The number of nitrogens with two attached hydrogens (primary N) is 4. The van der Waals surface area contributed by atoms with Gasteiger partial charge in [-0.05, 0) is 77.0 Å². The number of hydrogen-bond donors (Lipinski definition) is 4. The molecule has 0 spiro atoms. The Morgan fingerprint density at radius 2 is 0.219 bits per heavy atom. The molecule has 4 fully saturated rings. The van der Waals surface area contributed by atoms with E-state index in [-0.39, 0.29) is 328 Å². The van der Waals surface area contributed by atoms with Gasteiger partial charge in [0.25, 0.3) is 0 Å². The first-order valence-electron chi connectivity index (χ1n) is 12.1. The minimum atomic E-state index is 0. The van der Waals surface area contributed by atoms with E-state index in [1.54, 1.807) is 0 Å². The van der Waals surface area contributed by atoms with Crippen LogP contribution in [0.4, 0.5) is 0 Å². The van der Waals surface area contributed by atoms with Crippen molar-refractivity contribution in [3.05, 3.63) is 0 Å². The summed E-state index contributed by atoms with van der Waals surface area (Å²) in [7, 11) is 1.50. The van der Waals surface area contributed by atoms with Crippen LogP contribution in [0.3, 0.4) is 0 Å². The summed E-state index contributed by atoms with van der Waals surface area (Å²) in [5.41, 5.74) is 0. The molecule has 0 aromatic rings. The summed E-state index contributed by atoms with van der Waals surface area (Å²) >= 11 is 0. The summed E-state index contributed by atoms with van der Waals surface area (Å²) < 4.78 is 0. The number of rotatable bonds is 0. The molecule has 0 aromatic heterocycles. The maximum Gasteiger partial charge on any atom is 0.0755 e. The van der Waals surface area contributed by atoms with Gasteiger partial charge in [0.05, 0.1) is 52.4 Å². The molecule has 4 aliphatic heterocycles. The maximum atomic E-state index is 8.25. The first-order chi connectivity index (χ1) is 14.0. The average Bonchev–Trinajstić information content (AvgIpc) is 2.87. The van der Waals surface area contributed by atoms with E-state index in [1.165, 1.54) is 129 Å². The third kappa shape index (κ3) is 351. The molecule has 10 radical (unpaired) electrons. The monoisotopic (exact) mass is 1330 g/mol. The fraction of sp³-hybridized carbons (Fsp3) is 1.00. The van der Waals surface area contributed by atoms with Crippen LogP contribution < -0.4 is 31.5 Å². The fourth-order valence-electron chi connectivity index (χ4n) is 3.59. The van der Waals surface area contributed by atoms with Gasteiger partial charge in [0.2, 0.25) is 0 Å². The molecule has 4 rings (SSSR count). The van der Waals surface area contributed by atoms with Crippen molar-refractivity contribution in [3.8, 4) is 0 Å². The van der Waals surface area contributed by atoms with Crippen LogP contribution in [0.25, 0.3) is 0 Å². The molecule has 430 valence electrons. The van der Waals surface area contributed by atoms with E-state index >= 15 is 0 Å². The molecule has 0 saturated carbocycles. The van der Waals surface area contributed by atoms with Gasteiger partial charge >= 0.3 is 0 Å². The van der Waals surface area contributed by atoms with Gasteiger partial charge in [-0.1, -0.05) is 0 Å². The first kappa shape index (κ1) is 335. The molecule has 32 nitrogen and oxygen atoms in total. The number of hydrogen-bond acceptors (Lipinski definition) is 2. The number of piperidine rings is 4. The summed E-state index contributed by atoms with van der Waals surface area (Å²) in [5, 5.41) is 26.1. The van der Waals surface area contributed by atoms with E-state index in [0.29, 0.717) is 0 Å². The van der Waals surface area contributed by atoms with Gasteiger partial charge in [0.1, 0.15) is 0 Å². The molecular formula is C22H54N4O28V10-50. The van der Waals surface area contributed by atoms with Gasteiger partial charge in [-0.25, -0.2) is 0 Å². The largest absolute Gasteiger partial charge is 2.00 e. The first-order valence-corrected chi connectivity index (χ1v) is 12.1. The van der Waals surface area contributed by atoms with Crippen molar-refractivity contribution >= 4 is 0 Å². The smallest absolute Gasteiger partial charge is 0.0755 e. The third-order valence-electron chi connectivity index (χ3n) is 5.27. The zero-order valence-corrected chi connectivity index (χ0v) is 48.3. The molecule has 64 heavy (non-hydrogen) atoms. The van der Waals surface area contributed by atoms with Gasteiger partial charge in [-0.15, -0.1) is 0 Å². The fourth-order valence-corrected chi connectivity index (χ4v) is 3.59. The molecule has 0 aliphatic carbocycles. The Bertz CT molecular complexity index is 220. The van der Waals surface area contributed by atoms with Gasteiger partial charge in [-0.2, -0.15) is 14.2 Å². The third-order valence-corrected chi connectivity index (χ3v) is 5.27. The molecule has 0 amide bonds. The van der Waals surface area contributed by atoms with Crippen LogP contribution in [0.1, 0.15) is 77.0 Å². The summed E-state index contributed by atoms with van der Waals surface area (Å²) in [6, 6.07) is 0. The molecule has 0 aromatic carbocycles. The van der Waals surface area contributed by atoms with Crippen molar-refractivity contribution in [1.82, 2.24) is 0 Å². The minimum absolute atomic E-state index is 0. The summed E-state index contributed by atoms with van der Waals surface area (Å²) in [6.07, 6.45) is 17.4. The van der Waals surface area contributed by atoms with Crippen LogP contribution >= 0.6 is 0 Å². The molecule has 4 aliphatic rings. The van der Waals surface area contributed by atoms with E-state index in [0.717, 1.165) is 14.2 Å². The van der Waals surface area contributed by atoms with Gasteiger partial charge < -0.3 is 174 Å². The van der Waals surface area contributed by atoms with Crippen molar-refractivity contribution in [3.63, 3.8) is 0 Å². The van der Waals surface area contributed by atoms with E-state index in [2.05, 4.69) is 21.3 Å². The molecule has 42 heteroatoms. The van der Waals surface area contributed by atoms with Crippen LogP contribution in [0.15, 0.2) is 0 Å². The second-order valence-electron chi connectivity index (χ2n) is 7.71. The Labute approximate surface area is 498 Å². The summed E-state index contributed by atoms with van der Waals surface area (Å²) in [5.74, 6) is 0. The van der Waals surface area contributed by atoms with Crippen molar-refractivity contribution in [1.29, 1.82) is 0 Å². The zero-order valence-electron chi connectivity index (χ0n) is 34.4. The van der Waals surface area contributed by atoms with Crippen molar-refractivity contribution in [2.45, 2.75) is 77.0 Å². The standard InChI is InChI=1S/4C5H11N.2CH3O.26O.10V/c4*1-2-4-6-5-3-1;2*1-2;;;;;;;;;;;;;;;;;;;;;;;;;;;;;;;;;;;;/h4*6H,1-5H2;2*1H3;;;;;;;;;;;;;;;;;;;;;;;;;;;;;;;;;;;;/q;;;;2*-1;26*-2;;;;;;;;;;/p+4. The van der Waals surface area contributed by atoms with Crippen LogP contribution in [0, 0.1) is 0 Å². The second kappa shape index (κ2) is 367. The molecule has 4 heterocycles. The Morgan fingerprint density at radius 1 is 0.156 bits per heavy atom. The van der Waals surface area contributed by atoms with Crippen molar-refractivity contribution in [2.75, 3.05) is 66.6 Å². The van der Waals surface area contributed by atoms with Crippen LogP contribution in [-0.2, 0) is 328 Å². The molecule has 0 unspecified atom stereocenters. The van der Waals surface area contributed by atoms with Gasteiger partial charge in [-0.3, -0.25) is 0 Å². The minimum Gasteiger partial charge on any atom is -2.00 e. The molecule has 0 atom stereocenters. The molecular weight excluding hydrogens is 1280 g/mol. The van der Waals surface area contributed by atoms with E-state index in [1.807, 2.05) is 0 Å². The predicted molar refractivity (Wildman–Crippen MR) is 132 cm³/mol. The normalized spacial score (nSPS) is 9.19. The Morgan fingerprint density at radius 3 is 0.234 bits per heavy atom. The Balaban J connectivity index is -0.00000000322. The molecule has 0 bridgehead atoms. The van der Waals surface area contributed by atoms with Gasteiger partial charge in [0, 0.05) is 186 Å². The molecule has 8 N–H and O–H groups in total. The second-order valence-corrected chi connectivity index (χ2v) is 7.71. The SMILES string of the molecule is C1CC[NH2+]CC1.C1CC[NH2+]CC1.C1CC[NH2+]CC1.C1CC[NH2+]CC1.C[O-].C[O-].[O-2].[O-2].[O-2].[O-2].[O-2].[O-2].[O-2].[O-2].[O-2].[O-2].[O-2].[O-2].[O-2].[O-2].[O-2].[O-2].[O-2].[O-2].[O-2].[O-2].[O-2].[O-2].[O-2].[O-2].[O-2].[O-2].[V].[V].[V].[V].[V].[V].[V].[V].[V].[V]. The van der Waals surface area contributed by atoms with Crippen molar-refractivity contribution in [2.24, 2.45) is 0 Å². The predicted octanol–water partition coefficient (Wildman–Crippen LogP) is -6.23. The van der Waals surface area contributed by atoms with E-state index < -0.39 is 0 Å². The van der Waals surface area contributed by atoms with E-state index in [9.17, 15) is 0 Å². The van der Waals surface area contributed by atoms with Crippen LogP contribution in [-0.4, -0.2) is 66.6 Å². The molecule has 4 saturated heterocycles. The maximum absolute atomic E-state index is 8.25. The average molecular weight is 1330 g/mol. The van der Waals surface area contributed by atoms with Gasteiger partial charge in [0.15, 0.2) is 0 Å². The van der Waals surface area contributed by atoms with Crippen LogP contribution in [0.2, 0.25) is 0 Å². The zero-order chi connectivity index (χ0) is 21.0.